The fraction of sp³-hybridized carbons (Fsp3) is 0.306. The Balaban J connectivity index is 0.000000170. The van der Waals surface area contributed by atoms with Crippen molar-refractivity contribution < 1.29 is 22.6 Å². The number of ether oxygens (including phenoxy) is 2. The van der Waals surface area contributed by atoms with E-state index in [9.17, 15) is 13.2 Å². The molecule has 360 valence electrons. The van der Waals surface area contributed by atoms with Crippen LogP contribution in [0.4, 0.5) is 13.2 Å². The summed E-state index contributed by atoms with van der Waals surface area (Å²) in [7, 11) is 3.32. The highest BCUT2D eigenvalue weighted by Crippen LogP contribution is 2.36. The molecule has 4 aromatic carbocycles. The Kier molecular flexibility index (Phi) is 18.7. The van der Waals surface area contributed by atoms with E-state index in [1.54, 1.807) is 54.4 Å². The number of hydrogen-bond acceptors (Lipinski definition) is 8. The summed E-state index contributed by atoms with van der Waals surface area (Å²) in [5.41, 5.74) is 5.85. The minimum Gasteiger partial charge on any atom is -0.496 e. The molecule has 0 amide bonds. The van der Waals surface area contributed by atoms with Gasteiger partial charge in [-0.2, -0.15) is 48.6 Å². The van der Waals surface area contributed by atoms with Crippen molar-refractivity contribution in [1.29, 1.82) is 0 Å². The molecule has 19 heteroatoms. The van der Waals surface area contributed by atoms with Gasteiger partial charge >= 0.3 is 6.18 Å². The Hall–Kier alpha value is -5.87. The van der Waals surface area contributed by atoms with E-state index in [-0.39, 0.29) is 5.92 Å². The van der Waals surface area contributed by atoms with Gasteiger partial charge in [-0.25, -0.2) is 9.36 Å². The molecule has 0 radical (unpaired) electrons. The number of halogens is 7. The van der Waals surface area contributed by atoms with Crippen LogP contribution in [-0.2, 0) is 6.18 Å². The number of hydrogen-bond donors (Lipinski definition) is 0. The van der Waals surface area contributed by atoms with Crippen molar-refractivity contribution in [2.24, 2.45) is 0 Å². The summed E-state index contributed by atoms with van der Waals surface area (Å²) in [6.45, 7) is 16.3. The number of alkyl halides is 3. The van der Waals surface area contributed by atoms with Crippen molar-refractivity contribution in [3.8, 4) is 34.2 Å². The Morgan fingerprint density at radius 1 is 0.471 bits per heavy atom. The van der Waals surface area contributed by atoms with Crippen molar-refractivity contribution in [2.45, 2.75) is 85.2 Å². The van der Waals surface area contributed by atoms with Crippen LogP contribution >= 0.6 is 46.4 Å². The molecule has 4 heterocycles. The van der Waals surface area contributed by atoms with Gasteiger partial charge in [-0.05, 0) is 101 Å². The Bertz CT molecular complexity index is 2700. The van der Waals surface area contributed by atoms with E-state index in [1.165, 1.54) is 22.0 Å². The van der Waals surface area contributed by atoms with Gasteiger partial charge in [0.15, 0.2) is 0 Å². The maximum absolute atomic E-state index is 12.8. The molecule has 0 aliphatic rings. The summed E-state index contributed by atoms with van der Waals surface area (Å²) in [6.07, 6.45) is 8.80. The lowest BCUT2D eigenvalue weighted by molar-refractivity contribution is -0.137. The van der Waals surface area contributed by atoms with Crippen LogP contribution in [0.1, 0.15) is 107 Å². The average Bonchev–Trinajstić information content (AvgIpc) is 4.16. The van der Waals surface area contributed by atoms with Gasteiger partial charge in [-0.15, -0.1) is 4.80 Å². The van der Waals surface area contributed by atoms with Crippen LogP contribution < -0.4 is 9.47 Å². The zero-order valence-corrected chi connectivity index (χ0v) is 42.2. The van der Waals surface area contributed by atoms with E-state index in [4.69, 9.17) is 55.9 Å². The number of rotatable bonds is 10. The third kappa shape index (κ3) is 13.6. The van der Waals surface area contributed by atoms with Crippen molar-refractivity contribution in [3.05, 3.63) is 164 Å². The van der Waals surface area contributed by atoms with Gasteiger partial charge in [0.2, 0.25) is 0 Å². The Labute approximate surface area is 414 Å². The second-order valence-corrected chi connectivity index (χ2v) is 18.0. The summed E-state index contributed by atoms with van der Waals surface area (Å²) >= 11 is 25.0. The molecule has 0 fully saturated rings. The fourth-order valence-corrected chi connectivity index (χ4v) is 7.77. The molecule has 68 heavy (non-hydrogen) atoms. The first kappa shape index (κ1) is 53.1. The molecule has 0 N–H and O–H groups in total. The SMILES string of the molecule is CC(C)c1cc(-n2nccn2)cc(C(F)(F)F)c1.CC(C)c1cc(Cl)c(-n2cccn2)c(Cl)c1.COc1cc(-n2cccn2)c(Cl)cc1C(C)C.COc1cc(-n2nccn2)c(Cl)cc1C(C)C. The van der Waals surface area contributed by atoms with E-state index in [1.807, 2.05) is 74.8 Å². The van der Waals surface area contributed by atoms with E-state index < -0.39 is 11.7 Å². The zero-order chi connectivity index (χ0) is 49.9. The van der Waals surface area contributed by atoms with E-state index in [2.05, 4.69) is 72.1 Å². The van der Waals surface area contributed by atoms with Crippen LogP contribution in [0.25, 0.3) is 22.7 Å². The predicted octanol–water partition coefficient (Wildman–Crippen LogP) is 14.4. The molecule has 0 unspecified atom stereocenters. The molecule has 0 saturated heterocycles. The van der Waals surface area contributed by atoms with E-state index >= 15 is 0 Å². The maximum Gasteiger partial charge on any atom is 0.416 e. The van der Waals surface area contributed by atoms with Crippen molar-refractivity contribution >= 4 is 46.4 Å². The smallest absolute Gasteiger partial charge is 0.416 e. The number of aromatic nitrogens is 10. The third-order valence-corrected chi connectivity index (χ3v) is 11.4. The lowest BCUT2D eigenvalue weighted by atomic mass is 9.99. The number of benzene rings is 4. The first-order valence-corrected chi connectivity index (χ1v) is 22.9. The molecule has 0 aliphatic heterocycles. The molecule has 0 aliphatic carbocycles. The van der Waals surface area contributed by atoms with E-state index in [0.717, 1.165) is 57.4 Å². The van der Waals surface area contributed by atoms with Gasteiger partial charge in [0.25, 0.3) is 0 Å². The predicted molar refractivity (Wildman–Crippen MR) is 264 cm³/mol. The van der Waals surface area contributed by atoms with Gasteiger partial charge in [-0.3, -0.25) is 0 Å². The largest absolute Gasteiger partial charge is 0.496 e. The summed E-state index contributed by atoms with van der Waals surface area (Å²) in [4.78, 5) is 2.66. The van der Waals surface area contributed by atoms with E-state index in [0.29, 0.717) is 49.1 Å². The molecule has 0 spiro atoms. The first-order chi connectivity index (χ1) is 32.2. The summed E-state index contributed by atoms with van der Waals surface area (Å²) in [5.74, 6) is 2.77. The molecule has 4 aromatic heterocycles. The Morgan fingerprint density at radius 2 is 0.912 bits per heavy atom. The molecule has 0 saturated carbocycles. The molecular weight excluding hydrogens is 959 g/mol. The van der Waals surface area contributed by atoms with Crippen LogP contribution in [0, 0.1) is 0 Å². The number of methoxy groups -OCH3 is 2. The molecular formula is C49H53Cl4F3N10O2. The maximum atomic E-state index is 12.8. The van der Waals surface area contributed by atoms with Crippen LogP contribution in [0.2, 0.25) is 20.1 Å². The molecule has 8 aromatic rings. The topological polar surface area (TPSA) is 116 Å². The summed E-state index contributed by atoms with van der Waals surface area (Å²) < 4.78 is 52.6. The highest BCUT2D eigenvalue weighted by Gasteiger charge is 2.32. The molecule has 8 rings (SSSR count). The molecule has 0 atom stereocenters. The highest BCUT2D eigenvalue weighted by molar-refractivity contribution is 6.38. The van der Waals surface area contributed by atoms with Crippen molar-refractivity contribution in [3.63, 3.8) is 0 Å². The van der Waals surface area contributed by atoms with Gasteiger partial charge < -0.3 is 9.47 Å². The minimum absolute atomic E-state index is 0.00149. The lowest BCUT2D eigenvalue weighted by Crippen LogP contribution is -2.09. The summed E-state index contributed by atoms with van der Waals surface area (Å²) in [6, 6.07) is 19.1. The second-order valence-electron chi connectivity index (χ2n) is 16.4. The van der Waals surface area contributed by atoms with Crippen molar-refractivity contribution in [2.75, 3.05) is 14.2 Å². The second kappa shape index (κ2) is 23.9. The summed E-state index contributed by atoms with van der Waals surface area (Å²) in [5, 5.41) is 26.7. The zero-order valence-electron chi connectivity index (χ0n) is 39.2. The van der Waals surface area contributed by atoms with Crippen molar-refractivity contribution in [1.82, 2.24) is 49.5 Å². The molecule has 12 nitrogen and oxygen atoms in total. The van der Waals surface area contributed by atoms with Crippen LogP contribution in [-0.4, -0.2) is 63.8 Å². The third-order valence-electron chi connectivity index (χ3n) is 10.3. The standard InChI is InChI=1S/C13H15ClN2O.C12H12Cl2N2.C12H14ClN3O.C12H12F3N3/c1-9(2)10-7-11(14)12(8-13(10)17-3)16-6-4-5-15-16;1-8(2)9-6-10(13)12(11(14)7-9)16-5-3-4-15-16;1-8(2)9-6-10(13)11(7-12(9)17-3)16-14-4-5-15-16;1-8(2)9-5-10(12(13,14)15)7-11(6-9)18-16-3-4-17-18/h4-9H,1-3H3;3-8H,1-2H3;4-8H,1-3H3;3-8H,1-2H3. The van der Waals surface area contributed by atoms with Crippen LogP contribution in [0.3, 0.4) is 0 Å². The van der Waals surface area contributed by atoms with Gasteiger partial charge in [0.1, 0.15) is 22.9 Å². The highest BCUT2D eigenvalue weighted by atomic mass is 35.5. The monoisotopic (exact) mass is 1010 g/mol. The Morgan fingerprint density at radius 3 is 1.34 bits per heavy atom. The fourth-order valence-electron chi connectivity index (χ4n) is 6.59. The van der Waals surface area contributed by atoms with Gasteiger partial charge in [-0.1, -0.05) is 102 Å². The van der Waals surface area contributed by atoms with Crippen LogP contribution in [0.5, 0.6) is 11.5 Å². The average molecular weight is 1010 g/mol. The normalized spacial score (nSPS) is 11.2. The first-order valence-electron chi connectivity index (χ1n) is 21.4. The quantitative estimate of drug-likeness (QED) is 0.133. The molecule has 0 bridgehead atoms. The van der Waals surface area contributed by atoms with Gasteiger partial charge in [0, 0.05) is 36.9 Å². The van der Waals surface area contributed by atoms with Gasteiger partial charge in [0.05, 0.1) is 76.0 Å². The minimum atomic E-state index is -4.37. The number of nitrogens with zero attached hydrogens (tertiary/aromatic N) is 10. The lowest BCUT2D eigenvalue weighted by Gasteiger charge is -2.15. The van der Waals surface area contributed by atoms with Crippen LogP contribution in [0.15, 0.2) is 116 Å².